The summed E-state index contributed by atoms with van der Waals surface area (Å²) < 4.78 is 6.90. The Morgan fingerprint density at radius 3 is 2.83 bits per heavy atom. The average molecular weight is 399 g/mol. The van der Waals surface area contributed by atoms with Crippen molar-refractivity contribution in [1.82, 2.24) is 14.9 Å². The van der Waals surface area contributed by atoms with Crippen LogP contribution in [0.25, 0.3) is 10.9 Å². The fourth-order valence-electron chi connectivity index (χ4n) is 3.76. The first-order valence-electron chi connectivity index (χ1n) is 10.5. The molecule has 0 fully saturated rings. The van der Waals surface area contributed by atoms with Gasteiger partial charge in [0.25, 0.3) is 11.5 Å². The van der Waals surface area contributed by atoms with Gasteiger partial charge in [-0.25, -0.2) is 9.78 Å². The van der Waals surface area contributed by atoms with Gasteiger partial charge in [-0.1, -0.05) is 26.2 Å². The number of nitrogens with one attached hydrogen (secondary N) is 1. The Labute approximate surface area is 170 Å². The van der Waals surface area contributed by atoms with Crippen molar-refractivity contribution in [3.63, 3.8) is 0 Å². The third kappa shape index (κ3) is 5.22. The molecule has 7 nitrogen and oxygen atoms in total. The van der Waals surface area contributed by atoms with Crippen molar-refractivity contribution in [1.29, 1.82) is 0 Å². The zero-order valence-corrected chi connectivity index (χ0v) is 17.2. The predicted molar refractivity (Wildman–Crippen MR) is 111 cm³/mol. The predicted octanol–water partition coefficient (Wildman–Crippen LogP) is 2.97. The van der Waals surface area contributed by atoms with Gasteiger partial charge in [-0.3, -0.25) is 14.2 Å². The number of rotatable bonds is 6. The number of ether oxygens (including phenoxy) is 1. The topological polar surface area (TPSA) is 90.3 Å². The molecule has 1 amide bonds. The van der Waals surface area contributed by atoms with Crippen molar-refractivity contribution in [3.05, 3.63) is 39.9 Å². The molecule has 3 rings (SSSR count). The number of aryl methyl sites for hydroxylation is 1. The van der Waals surface area contributed by atoms with Gasteiger partial charge in [0.1, 0.15) is 5.82 Å². The lowest BCUT2D eigenvalue weighted by Crippen LogP contribution is -2.35. The average Bonchev–Trinajstić information content (AvgIpc) is 2.67. The van der Waals surface area contributed by atoms with Gasteiger partial charge in [-0.05, 0) is 44.4 Å². The molecule has 0 aliphatic carbocycles. The van der Waals surface area contributed by atoms with Crippen LogP contribution in [0.5, 0.6) is 0 Å². The standard InChI is InChI=1S/C22H29N3O4/c1-3-8-15(2)23-20(26)14-29-22(28)16-10-11-17-18(13-16)24-19-9-6-4-5-7-12-25(19)21(17)27/h10-11,13,15H,3-9,12,14H2,1-2H3,(H,23,26)/t15-/m0/s1. The number of aromatic nitrogens is 2. The molecule has 0 saturated carbocycles. The van der Waals surface area contributed by atoms with E-state index in [-0.39, 0.29) is 29.7 Å². The van der Waals surface area contributed by atoms with Crippen molar-refractivity contribution in [2.75, 3.05) is 6.61 Å². The van der Waals surface area contributed by atoms with Crippen LogP contribution in [0, 0.1) is 0 Å². The largest absolute Gasteiger partial charge is 0.452 e. The fraction of sp³-hybridized carbons (Fsp3) is 0.545. The highest BCUT2D eigenvalue weighted by atomic mass is 16.5. The molecule has 1 aromatic heterocycles. The maximum Gasteiger partial charge on any atom is 0.338 e. The summed E-state index contributed by atoms with van der Waals surface area (Å²) in [5, 5.41) is 3.29. The summed E-state index contributed by atoms with van der Waals surface area (Å²) >= 11 is 0. The number of carbonyl (C=O) groups is 2. The summed E-state index contributed by atoms with van der Waals surface area (Å²) in [4.78, 5) is 41.8. The molecule has 2 heterocycles. The highest BCUT2D eigenvalue weighted by Crippen LogP contribution is 2.17. The van der Waals surface area contributed by atoms with Crippen LogP contribution in [0.3, 0.4) is 0 Å². The lowest BCUT2D eigenvalue weighted by Gasteiger charge is -2.16. The van der Waals surface area contributed by atoms with Crippen LogP contribution in [-0.4, -0.2) is 34.1 Å². The molecule has 1 aromatic carbocycles. The van der Waals surface area contributed by atoms with E-state index in [0.717, 1.165) is 50.8 Å². The number of hydrogen-bond acceptors (Lipinski definition) is 5. The van der Waals surface area contributed by atoms with Crippen molar-refractivity contribution >= 4 is 22.8 Å². The minimum absolute atomic E-state index is 0.0449. The molecule has 1 aliphatic heterocycles. The molecule has 7 heteroatoms. The molecule has 0 saturated heterocycles. The summed E-state index contributed by atoms with van der Waals surface area (Å²) in [5.41, 5.74) is 0.725. The van der Waals surface area contributed by atoms with Crippen LogP contribution >= 0.6 is 0 Å². The normalized spacial score (nSPS) is 15.1. The first-order valence-corrected chi connectivity index (χ1v) is 10.5. The van der Waals surface area contributed by atoms with E-state index in [1.165, 1.54) is 0 Å². The van der Waals surface area contributed by atoms with Gasteiger partial charge in [0, 0.05) is 19.0 Å². The minimum Gasteiger partial charge on any atom is -0.452 e. The van der Waals surface area contributed by atoms with Crippen molar-refractivity contribution < 1.29 is 14.3 Å². The molecular formula is C22H29N3O4. The Morgan fingerprint density at radius 1 is 1.24 bits per heavy atom. The number of hydrogen-bond donors (Lipinski definition) is 1. The van der Waals surface area contributed by atoms with E-state index in [9.17, 15) is 14.4 Å². The van der Waals surface area contributed by atoms with Crippen molar-refractivity contribution in [2.24, 2.45) is 0 Å². The molecular weight excluding hydrogens is 370 g/mol. The lowest BCUT2D eigenvalue weighted by molar-refractivity contribution is -0.124. The summed E-state index contributed by atoms with van der Waals surface area (Å²) in [6, 6.07) is 4.80. The first-order chi connectivity index (χ1) is 14.0. The van der Waals surface area contributed by atoms with Crippen LogP contribution in [-0.2, 0) is 22.5 Å². The zero-order valence-electron chi connectivity index (χ0n) is 17.2. The van der Waals surface area contributed by atoms with Crippen LogP contribution < -0.4 is 10.9 Å². The lowest BCUT2D eigenvalue weighted by atomic mass is 10.1. The van der Waals surface area contributed by atoms with E-state index in [2.05, 4.69) is 10.3 Å². The maximum atomic E-state index is 12.8. The molecule has 29 heavy (non-hydrogen) atoms. The monoisotopic (exact) mass is 399 g/mol. The van der Waals surface area contributed by atoms with Gasteiger partial charge < -0.3 is 10.1 Å². The van der Waals surface area contributed by atoms with Gasteiger partial charge in [-0.15, -0.1) is 0 Å². The zero-order chi connectivity index (χ0) is 20.8. The summed E-state index contributed by atoms with van der Waals surface area (Å²) in [5.74, 6) is -0.145. The van der Waals surface area contributed by atoms with Crippen LogP contribution in [0.15, 0.2) is 23.0 Å². The summed E-state index contributed by atoms with van der Waals surface area (Å²) in [7, 11) is 0. The van der Waals surface area contributed by atoms with E-state index < -0.39 is 5.97 Å². The Hall–Kier alpha value is -2.70. The summed E-state index contributed by atoms with van der Waals surface area (Å²) in [6.07, 6.45) is 6.84. The van der Waals surface area contributed by atoms with E-state index >= 15 is 0 Å². The van der Waals surface area contributed by atoms with Crippen LogP contribution in [0.1, 0.15) is 68.6 Å². The molecule has 1 N–H and O–H groups in total. The van der Waals surface area contributed by atoms with E-state index in [4.69, 9.17) is 4.74 Å². The van der Waals surface area contributed by atoms with Gasteiger partial charge >= 0.3 is 5.97 Å². The number of nitrogens with zero attached hydrogens (tertiary/aromatic N) is 2. The van der Waals surface area contributed by atoms with E-state index in [0.29, 0.717) is 17.4 Å². The molecule has 2 aromatic rings. The van der Waals surface area contributed by atoms with Crippen molar-refractivity contribution in [2.45, 2.75) is 71.4 Å². The molecule has 0 spiro atoms. The molecule has 0 unspecified atom stereocenters. The number of esters is 1. The Morgan fingerprint density at radius 2 is 2.03 bits per heavy atom. The van der Waals surface area contributed by atoms with E-state index in [1.807, 2.05) is 13.8 Å². The Kier molecular flexibility index (Phi) is 7.01. The fourth-order valence-corrected chi connectivity index (χ4v) is 3.76. The second-order valence-corrected chi connectivity index (χ2v) is 7.71. The number of benzene rings is 1. The first kappa shape index (κ1) is 21.0. The highest BCUT2D eigenvalue weighted by molar-refractivity contribution is 5.95. The maximum absolute atomic E-state index is 12.8. The van der Waals surface area contributed by atoms with Gasteiger partial charge in [-0.2, -0.15) is 0 Å². The Balaban J connectivity index is 1.75. The third-order valence-corrected chi connectivity index (χ3v) is 5.27. The minimum atomic E-state index is -0.598. The SMILES string of the molecule is CCC[C@H](C)NC(=O)COC(=O)c1ccc2c(=O)n3c(nc2c1)CCCCCC3. The molecule has 0 bridgehead atoms. The van der Waals surface area contributed by atoms with E-state index in [1.54, 1.807) is 22.8 Å². The second kappa shape index (κ2) is 9.67. The number of amides is 1. The van der Waals surface area contributed by atoms with Crippen LogP contribution in [0.2, 0.25) is 0 Å². The number of carbonyl (C=O) groups excluding carboxylic acids is 2. The quantitative estimate of drug-likeness (QED) is 0.754. The smallest absolute Gasteiger partial charge is 0.338 e. The number of fused-ring (bicyclic) bond motifs is 2. The van der Waals surface area contributed by atoms with Gasteiger partial charge in [0.2, 0.25) is 0 Å². The Bertz CT molecular complexity index is 951. The molecule has 0 radical (unpaired) electrons. The van der Waals surface area contributed by atoms with Gasteiger partial charge in [0.05, 0.1) is 16.5 Å². The second-order valence-electron chi connectivity index (χ2n) is 7.71. The van der Waals surface area contributed by atoms with Gasteiger partial charge in [0.15, 0.2) is 6.61 Å². The molecule has 1 atom stereocenters. The summed E-state index contributed by atoms with van der Waals surface area (Å²) in [6.45, 7) is 4.32. The molecule has 1 aliphatic rings. The van der Waals surface area contributed by atoms with Crippen molar-refractivity contribution in [3.8, 4) is 0 Å². The molecule has 156 valence electrons. The highest BCUT2D eigenvalue weighted by Gasteiger charge is 2.16. The third-order valence-electron chi connectivity index (χ3n) is 5.27. The van der Waals surface area contributed by atoms with Crippen LogP contribution in [0.4, 0.5) is 0 Å².